The Labute approximate surface area is 231 Å². The van der Waals surface area contributed by atoms with Gasteiger partial charge in [-0.2, -0.15) is 0 Å². The molecule has 0 bridgehead atoms. The zero-order valence-electron chi connectivity index (χ0n) is 22.6. The largest absolute Gasteiger partial charge is 0.365 e. The van der Waals surface area contributed by atoms with E-state index in [9.17, 15) is 14.4 Å². The number of anilines is 2. The van der Waals surface area contributed by atoms with Crippen molar-refractivity contribution in [3.63, 3.8) is 0 Å². The number of benzene rings is 2. The van der Waals surface area contributed by atoms with Crippen molar-refractivity contribution in [3.05, 3.63) is 81.5 Å². The molecule has 5 N–H and O–H groups in total. The zero-order valence-corrected chi connectivity index (χ0v) is 23.5. The number of rotatable bonds is 5. The van der Waals surface area contributed by atoms with E-state index in [2.05, 4.69) is 36.7 Å². The molecule has 7 nitrogen and oxygen atoms in total. The van der Waals surface area contributed by atoms with Crippen molar-refractivity contribution < 1.29 is 18.8 Å². The molecule has 2 aromatic carbocycles. The molecule has 5 rings (SSSR count). The Morgan fingerprint density at radius 1 is 1.13 bits per heavy atom. The van der Waals surface area contributed by atoms with Crippen LogP contribution in [0.2, 0.25) is 0 Å². The highest BCUT2D eigenvalue weighted by molar-refractivity contribution is 7.18. The minimum absolute atomic E-state index is 0.205. The second kappa shape index (κ2) is 9.57. The monoisotopic (exact) mass is 548 g/mol. The smallest absolute Gasteiger partial charge is 0.258 e. The number of hydrogen-bond acceptors (Lipinski definition) is 5. The molecule has 0 radical (unpaired) electrons. The highest BCUT2D eigenvalue weighted by Crippen LogP contribution is 2.57. The van der Waals surface area contributed by atoms with E-state index in [0.717, 1.165) is 22.5 Å². The van der Waals surface area contributed by atoms with E-state index < -0.39 is 41.0 Å². The summed E-state index contributed by atoms with van der Waals surface area (Å²) in [6.45, 7) is 9.87. The van der Waals surface area contributed by atoms with Crippen molar-refractivity contribution in [2.45, 2.75) is 64.5 Å². The van der Waals surface area contributed by atoms with Crippen molar-refractivity contribution >= 4 is 39.7 Å². The minimum atomic E-state index is -1.24. The summed E-state index contributed by atoms with van der Waals surface area (Å²) in [5, 5.41) is 9.88. The van der Waals surface area contributed by atoms with E-state index in [4.69, 9.17) is 5.73 Å². The van der Waals surface area contributed by atoms with Gasteiger partial charge in [-0.05, 0) is 66.1 Å². The Bertz CT molecular complexity index is 1490. The van der Waals surface area contributed by atoms with Crippen LogP contribution in [0, 0.1) is 25.1 Å². The summed E-state index contributed by atoms with van der Waals surface area (Å²) in [5.41, 5.74) is 7.13. The number of primary amides is 1. The lowest BCUT2D eigenvalue weighted by molar-refractivity contribution is -0.122. The molecule has 204 valence electrons. The molecule has 1 aromatic heterocycles. The Balaban J connectivity index is 1.71. The highest BCUT2D eigenvalue weighted by atomic mass is 32.1. The third-order valence-corrected chi connectivity index (χ3v) is 8.77. The van der Waals surface area contributed by atoms with Crippen molar-refractivity contribution in [3.8, 4) is 0 Å². The molecule has 39 heavy (non-hydrogen) atoms. The third-order valence-electron chi connectivity index (χ3n) is 7.75. The zero-order chi connectivity index (χ0) is 28.3. The number of hydrogen-bond donors (Lipinski definition) is 4. The lowest BCUT2D eigenvalue weighted by Crippen LogP contribution is -2.49. The molecule has 2 aliphatic heterocycles. The Kier molecular flexibility index (Phi) is 6.63. The minimum Gasteiger partial charge on any atom is -0.365 e. The van der Waals surface area contributed by atoms with Gasteiger partial charge in [-0.25, -0.2) is 4.39 Å². The van der Waals surface area contributed by atoms with E-state index in [1.807, 2.05) is 25.1 Å². The molecular formula is C30H33FN4O3S. The van der Waals surface area contributed by atoms with Gasteiger partial charge in [0.2, 0.25) is 11.8 Å². The van der Waals surface area contributed by atoms with Crippen LogP contribution in [0.4, 0.5) is 15.1 Å². The molecular weight excluding hydrogens is 515 g/mol. The number of nitrogens with one attached hydrogen (secondary N) is 3. The van der Waals surface area contributed by atoms with Gasteiger partial charge < -0.3 is 21.7 Å². The first kappa shape index (κ1) is 27.0. The van der Waals surface area contributed by atoms with Crippen LogP contribution < -0.4 is 21.7 Å². The van der Waals surface area contributed by atoms with Crippen LogP contribution >= 0.6 is 11.3 Å². The van der Waals surface area contributed by atoms with E-state index in [1.54, 1.807) is 37.3 Å². The number of amides is 3. The molecule has 1 fully saturated rings. The van der Waals surface area contributed by atoms with Gasteiger partial charge in [0.05, 0.1) is 15.9 Å². The van der Waals surface area contributed by atoms with Crippen LogP contribution in [0.15, 0.2) is 48.5 Å². The van der Waals surface area contributed by atoms with E-state index in [-0.39, 0.29) is 11.3 Å². The van der Waals surface area contributed by atoms with Crippen LogP contribution in [-0.4, -0.2) is 29.8 Å². The predicted molar refractivity (Wildman–Crippen MR) is 152 cm³/mol. The van der Waals surface area contributed by atoms with E-state index >= 15 is 4.39 Å². The Morgan fingerprint density at radius 3 is 2.54 bits per heavy atom. The first-order chi connectivity index (χ1) is 18.3. The summed E-state index contributed by atoms with van der Waals surface area (Å²) in [6, 6.07) is 12.7. The number of fused-ring (bicyclic) bond motifs is 2. The standard InChI is InChI=1S/C30H33FN4O3S/c1-15-9-10-18-19(13-15)33-28(38)30(18)21(14-29(3,4)5)34-25(23(30)17-8-6-7-16(2)24(17)31)27(37)35-22-12-11-20(39-22)26(32)36/h6-13,21,23,25,34H,14H2,1-5H3,(H2,32,36)(H,33,38)(H,35,37)/t21?,23?,25-,30-/m1/s1. The first-order valence-electron chi connectivity index (χ1n) is 13.0. The molecule has 9 heteroatoms. The van der Waals surface area contributed by atoms with E-state index in [0.29, 0.717) is 33.1 Å². The molecule has 1 spiro atoms. The second-order valence-corrected chi connectivity index (χ2v) is 12.9. The van der Waals surface area contributed by atoms with Gasteiger partial charge in [-0.3, -0.25) is 14.4 Å². The first-order valence-corrected chi connectivity index (χ1v) is 13.8. The number of aryl methyl sites for hydroxylation is 2. The normalized spacial score (nSPS) is 24.1. The van der Waals surface area contributed by atoms with Gasteiger partial charge in [-0.15, -0.1) is 11.3 Å². The highest BCUT2D eigenvalue weighted by Gasteiger charge is 2.66. The molecule has 3 aromatic rings. The number of thiophene rings is 1. The van der Waals surface area contributed by atoms with Gasteiger partial charge in [0.1, 0.15) is 11.2 Å². The van der Waals surface area contributed by atoms with Crippen molar-refractivity contribution in [2.75, 3.05) is 10.6 Å². The quantitative estimate of drug-likeness (QED) is 0.360. The van der Waals surface area contributed by atoms with Crippen LogP contribution in [0.25, 0.3) is 0 Å². The fraction of sp³-hybridized carbons (Fsp3) is 0.367. The maximum absolute atomic E-state index is 15.9. The molecule has 1 saturated heterocycles. The average molecular weight is 549 g/mol. The van der Waals surface area contributed by atoms with Gasteiger partial charge in [0, 0.05) is 17.6 Å². The summed E-state index contributed by atoms with van der Waals surface area (Å²) in [7, 11) is 0. The maximum Gasteiger partial charge on any atom is 0.258 e. The van der Waals surface area contributed by atoms with Gasteiger partial charge >= 0.3 is 0 Å². The Hall–Kier alpha value is -3.56. The van der Waals surface area contributed by atoms with Crippen molar-refractivity contribution in [1.29, 1.82) is 0 Å². The molecule has 0 aliphatic carbocycles. The lowest BCUT2D eigenvalue weighted by atomic mass is 9.62. The van der Waals surface area contributed by atoms with Gasteiger partial charge in [0.15, 0.2) is 0 Å². The van der Waals surface area contributed by atoms with E-state index in [1.165, 1.54) is 0 Å². The van der Waals surface area contributed by atoms with Crippen LogP contribution in [0.1, 0.15) is 65.0 Å². The summed E-state index contributed by atoms with van der Waals surface area (Å²) in [5.74, 6) is -2.53. The lowest BCUT2D eigenvalue weighted by Gasteiger charge is -2.37. The average Bonchev–Trinajstić information content (AvgIpc) is 3.51. The molecule has 3 heterocycles. The predicted octanol–water partition coefficient (Wildman–Crippen LogP) is 4.99. The molecule has 3 amide bonds. The summed E-state index contributed by atoms with van der Waals surface area (Å²) in [6.07, 6.45) is 0.562. The van der Waals surface area contributed by atoms with Crippen LogP contribution in [0.3, 0.4) is 0 Å². The summed E-state index contributed by atoms with van der Waals surface area (Å²) >= 11 is 1.07. The third kappa shape index (κ3) is 4.53. The Morgan fingerprint density at radius 2 is 1.87 bits per heavy atom. The summed E-state index contributed by atoms with van der Waals surface area (Å²) in [4.78, 5) is 40.1. The van der Waals surface area contributed by atoms with Crippen molar-refractivity contribution in [2.24, 2.45) is 11.1 Å². The fourth-order valence-corrected chi connectivity index (χ4v) is 6.94. The number of carbonyl (C=O) groups is 3. The topological polar surface area (TPSA) is 113 Å². The van der Waals surface area contributed by atoms with Crippen LogP contribution in [0.5, 0.6) is 0 Å². The van der Waals surface area contributed by atoms with Crippen molar-refractivity contribution in [1.82, 2.24) is 5.32 Å². The van der Waals surface area contributed by atoms with Gasteiger partial charge in [-0.1, -0.05) is 51.1 Å². The molecule has 0 saturated carbocycles. The molecule has 4 atom stereocenters. The van der Waals surface area contributed by atoms with Gasteiger partial charge in [0.25, 0.3) is 5.91 Å². The second-order valence-electron chi connectivity index (χ2n) is 11.8. The maximum atomic E-state index is 15.9. The molecule has 2 unspecified atom stereocenters. The number of halogens is 1. The SMILES string of the molecule is Cc1ccc2c(c1)NC(=O)[C@@]21C(CC(C)(C)C)N[C@@H](C(=O)Nc2ccc(C(N)=O)s2)C1c1cccc(C)c1F. The summed E-state index contributed by atoms with van der Waals surface area (Å²) < 4.78 is 15.9. The van der Waals surface area contributed by atoms with Crippen LogP contribution in [-0.2, 0) is 15.0 Å². The fourth-order valence-electron chi connectivity index (χ4n) is 6.18. The number of nitrogens with two attached hydrogens (primary N) is 1. The number of carbonyl (C=O) groups excluding carboxylic acids is 3. The molecule has 2 aliphatic rings.